The molecule has 0 radical (unpaired) electrons. The van der Waals surface area contributed by atoms with Crippen LogP contribution < -0.4 is 0 Å². The predicted octanol–water partition coefficient (Wildman–Crippen LogP) is 3.39. The second-order valence-electron chi connectivity index (χ2n) is 5.77. The molecular weight excluding hydrogens is 316 g/mol. The summed E-state index contributed by atoms with van der Waals surface area (Å²) in [5.74, 6) is 0.793. The summed E-state index contributed by atoms with van der Waals surface area (Å²) < 4.78 is 7.07. The molecule has 124 valence electrons. The lowest BCUT2D eigenvalue weighted by Gasteiger charge is -2.25. The molecule has 0 spiro atoms. The molecule has 3 heterocycles. The topological polar surface area (TPSA) is 64.2 Å². The normalized spacial score (nSPS) is 17.9. The van der Waals surface area contributed by atoms with Crippen LogP contribution in [0, 0.1) is 6.92 Å². The first-order chi connectivity index (χ1) is 11.1. The van der Waals surface area contributed by atoms with Crippen LogP contribution in [0.2, 0.25) is 5.02 Å². The molecule has 6 nitrogen and oxygen atoms in total. The fourth-order valence-corrected chi connectivity index (χ4v) is 3.59. The standard InChI is InChI=1S/C16H21ClN4O2/c1-4-13-14(10(3)19-23-13)12-7-6-8-20(12)16(22)15-11(17)9-18-21(15)5-2/h9,12H,4-8H2,1-3H3/t12-/m1/s1. The molecule has 7 heteroatoms. The summed E-state index contributed by atoms with van der Waals surface area (Å²) >= 11 is 6.20. The van der Waals surface area contributed by atoms with Gasteiger partial charge in [-0.15, -0.1) is 0 Å². The number of carbonyl (C=O) groups excluding carboxylic acids is 1. The highest BCUT2D eigenvalue weighted by Gasteiger charge is 2.36. The number of carbonyl (C=O) groups is 1. The van der Waals surface area contributed by atoms with E-state index in [1.807, 2.05) is 25.7 Å². The predicted molar refractivity (Wildman–Crippen MR) is 86.5 cm³/mol. The van der Waals surface area contributed by atoms with Gasteiger partial charge >= 0.3 is 0 Å². The summed E-state index contributed by atoms with van der Waals surface area (Å²) in [6, 6.07) is -0.0000252. The molecule has 0 saturated carbocycles. The van der Waals surface area contributed by atoms with Crippen molar-refractivity contribution in [2.45, 2.75) is 52.6 Å². The van der Waals surface area contributed by atoms with Crippen LogP contribution in [0.25, 0.3) is 0 Å². The Morgan fingerprint density at radius 2 is 2.26 bits per heavy atom. The number of hydrogen-bond acceptors (Lipinski definition) is 4. The number of halogens is 1. The lowest BCUT2D eigenvalue weighted by Crippen LogP contribution is -2.33. The van der Waals surface area contributed by atoms with Gasteiger partial charge in [-0.1, -0.05) is 23.7 Å². The Morgan fingerprint density at radius 3 is 2.96 bits per heavy atom. The number of nitrogens with zero attached hydrogens (tertiary/aromatic N) is 4. The summed E-state index contributed by atoms with van der Waals surface area (Å²) in [5.41, 5.74) is 2.38. The zero-order chi connectivity index (χ0) is 16.6. The van der Waals surface area contributed by atoms with Crippen LogP contribution in [-0.4, -0.2) is 32.3 Å². The molecule has 0 bridgehead atoms. The van der Waals surface area contributed by atoms with Crippen LogP contribution in [0.4, 0.5) is 0 Å². The van der Waals surface area contributed by atoms with E-state index in [1.54, 1.807) is 4.68 Å². The number of hydrogen-bond donors (Lipinski definition) is 0. The maximum atomic E-state index is 13.1. The largest absolute Gasteiger partial charge is 0.361 e. The average molecular weight is 337 g/mol. The van der Waals surface area contributed by atoms with Crippen LogP contribution in [0.1, 0.15) is 60.2 Å². The van der Waals surface area contributed by atoms with Crippen molar-refractivity contribution in [1.29, 1.82) is 0 Å². The zero-order valence-electron chi connectivity index (χ0n) is 13.7. The van der Waals surface area contributed by atoms with Gasteiger partial charge in [0.2, 0.25) is 0 Å². The maximum absolute atomic E-state index is 13.1. The second kappa shape index (κ2) is 6.35. The summed E-state index contributed by atoms with van der Waals surface area (Å²) in [6.45, 7) is 7.23. The highest BCUT2D eigenvalue weighted by molar-refractivity contribution is 6.33. The van der Waals surface area contributed by atoms with E-state index in [4.69, 9.17) is 16.1 Å². The molecule has 0 aromatic carbocycles. The molecule has 2 aromatic heterocycles. The molecule has 0 N–H and O–H groups in total. The van der Waals surface area contributed by atoms with Crippen LogP contribution in [0.15, 0.2) is 10.7 Å². The smallest absolute Gasteiger partial charge is 0.274 e. The van der Waals surface area contributed by atoms with Crippen molar-refractivity contribution in [3.05, 3.63) is 33.9 Å². The van der Waals surface area contributed by atoms with Gasteiger partial charge in [-0.3, -0.25) is 9.48 Å². The molecule has 1 amide bonds. The minimum atomic E-state index is -0.0699. The lowest BCUT2D eigenvalue weighted by atomic mass is 10.0. The van der Waals surface area contributed by atoms with Crippen molar-refractivity contribution in [2.24, 2.45) is 0 Å². The van der Waals surface area contributed by atoms with E-state index in [1.165, 1.54) is 6.20 Å². The Labute approximate surface area is 140 Å². The monoisotopic (exact) mass is 336 g/mol. The molecule has 1 saturated heterocycles. The summed E-state index contributed by atoms with van der Waals surface area (Å²) in [6.07, 6.45) is 4.18. The van der Waals surface area contributed by atoms with E-state index in [-0.39, 0.29) is 11.9 Å². The van der Waals surface area contributed by atoms with Crippen molar-refractivity contribution < 1.29 is 9.32 Å². The van der Waals surface area contributed by atoms with Gasteiger partial charge in [0.15, 0.2) is 0 Å². The molecule has 23 heavy (non-hydrogen) atoms. The minimum Gasteiger partial charge on any atom is -0.361 e. The van der Waals surface area contributed by atoms with E-state index >= 15 is 0 Å². The van der Waals surface area contributed by atoms with Gasteiger partial charge in [0, 0.05) is 25.1 Å². The molecule has 1 fully saturated rings. The zero-order valence-corrected chi connectivity index (χ0v) is 14.4. The summed E-state index contributed by atoms with van der Waals surface area (Å²) in [7, 11) is 0. The highest BCUT2D eigenvalue weighted by atomic mass is 35.5. The maximum Gasteiger partial charge on any atom is 0.274 e. The van der Waals surface area contributed by atoms with Gasteiger partial charge in [0.1, 0.15) is 11.5 Å². The van der Waals surface area contributed by atoms with Gasteiger partial charge in [0.25, 0.3) is 5.91 Å². The molecule has 1 aliphatic rings. The lowest BCUT2D eigenvalue weighted by molar-refractivity contribution is 0.0722. The molecule has 0 aliphatic carbocycles. The number of aryl methyl sites for hydroxylation is 3. The fourth-order valence-electron chi connectivity index (χ4n) is 3.37. The van der Waals surface area contributed by atoms with Crippen molar-refractivity contribution in [3.63, 3.8) is 0 Å². The molecular formula is C16H21ClN4O2. The summed E-state index contributed by atoms with van der Waals surface area (Å²) in [5, 5.41) is 8.66. The SMILES string of the molecule is CCc1onc(C)c1[C@H]1CCCN1C(=O)c1c(Cl)cnn1CC. The number of likely N-dealkylation sites (tertiary alicyclic amines) is 1. The van der Waals surface area contributed by atoms with E-state index in [2.05, 4.69) is 10.3 Å². The first-order valence-electron chi connectivity index (χ1n) is 8.05. The van der Waals surface area contributed by atoms with Crippen LogP contribution in [0.3, 0.4) is 0 Å². The van der Waals surface area contributed by atoms with E-state index in [0.29, 0.717) is 23.8 Å². The molecule has 0 unspecified atom stereocenters. The Hall–Kier alpha value is -1.82. The van der Waals surface area contributed by atoms with Crippen molar-refractivity contribution in [2.75, 3.05) is 6.54 Å². The number of amides is 1. The van der Waals surface area contributed by atoms with Gasteiger partial charge < -0.3 is 9.42 Å². The molecule has 1 atom stereocenters. The number of rotatable bonds is 4. The quantitative estimate of drug-likeness (QED) is 0.858. The first kappa shape index (κ1) is 16.1. The van der Waals surface area contributed by atoms with Gasteiger partial charge in [-0.25, -0.2) is 0 Å². The van der Waals surface area contributed by atoms with Gasteiger partial charge in [-0.05, 0) is 26.7 Å². The van der Waals surface area contributed by atoms with Crippen molar-refractivity contribution in [3.8, 4) is 0 Å². The number of aromatic nitrogens is 3. The third kappa shape index (κ3) is 2.65. The van der Waals surface area contributed by atoms with Crippen molar-refractivity contribution >= 4 is 17.5 Å². The Balaban J connectivity index is 1.97. The summed E-state index contributed by atoms with van der Waals surface area (Å²) in [4.78, 5) is 14.9. The molecule has 1 aliphatic heterocycles. The Morgan fingerprint density at radius 1 is 1.48 bits per heavy atom. The second-order valence-corrected chi connectivity index (χ2v) is 6.18. The first-order valence-corrected chi connectivity index (χ1v) is 8.43. The van der Waals surface area contributed by atoms with Gasteiger partial charge in [0.05, 0.1) is 23.0 Å². The van der Waals surface area contributed by atoms with Gasteiger partial charge in [-0.2, -0.15) is 5.10 Å². The Bertz CT molecular complexity index is 722. The van der Waals surface area contributed by atoms with E-state index in [0.717, 1.165) is 36.3 Å². The minimum absolute atomic E-state index is 0.0000252. The average Bonchev–Trinajstić information content (AvgIpc) is 3.24. The van der Waals surface area contributed by atoms with Crippen LogP contribution in [-0.2, 0) is 13.0 Å². The third-order valence-corrected chi connectivity index (χ3v) is 4.72. The van der Waals surface area contributed by atoms with Crippen LogP contribution >= 0.6 is 11.6 Å². The van der Waals surface area contributed by atoms with E-state index < -0.39 is 0 Å². The van der Waals surface area contributed by atoms with Crippen LogP contribution in [0.5, 0.6) is 0 Å². The molecule has 3 rings (SSSR count). The fraction of sp³-hybridized carbons (Fsp3) is 0.562. The highest BCUT2D eigenvalue weighted by Crippen LogP contribution is 2.37. The molecule has 2 aromatic rings. The third-order valence-electron chi connectivity index (χ3n) is 4.45. The Kier molecular flexibility index (Phi) is 4.43. The van der Waals surface area contributed by atoms with Crippen molar-refractivity contribution in [1.82, 2.24) is 19.8 Å². The van der Waals surface area contributed by atoms with E-state index in [9.17, 15) is 4.79 Å².